The molecule has 1 N–H and O–H groups in total. The normalized spacial score (nSPS) is 38.4. The van der Waals surface area contributed by atoms with E-state index in [2.05, 4.69) is 0 Å². The Labute approximate surface area is 418 Å². The molecule has 1 amide bonds. The zero-order valence-electron chi connectivity index (χ0n) is 44.4. The van der Waals surface area contributed by atoms with Gasteiger partial charge in [-0.05, 0) is 107 Å². The van der Waals surface area contributed by atoms with E-state index < -0.39 is 71.8 Å². The molecule has 15 nitrogen and oxygen atoms in total. The lowest BCUT2D eigenvalue weighted by atomic mass is 9.78. The van der Waals surface area contributed by atoms with Gasteiger partial charge in [-0.15, -0.1) is 0 Å². The lowest BCUT2D eigenvalue weighted by molar-refractivity contribution is -0.265. The van der Waals surface area contributed by atoms with Crippen LogP contribution in [0.4, 0.5) is 0 Å². The molecule has 3 heterocycles. The number of carbonyl (C=O) groups is 5. The highest BCUT2D eigenvalue weighted by atomic mass is 16.6. The van der Waals surface area contributed by atoms with Crippen molar-refractivity contribution < 1.29 is 67.0 Å². The zero-order chi connectivity index (χ0) is 51.7. The van der Waals surface area contributed by atoms with Crippen LogP contribution in [0.3, 0.4) is 0 Å². The third kappa shape index (κ3) is 16.0. The number of carbonyl (C=O) groups excluding carboxylic acids is 5. The summed E-state index contributed by atoms with van der Waals surface area (Å²) in [5, 5.41) is 12.0. The molecule has 0 aromatic heterocycles. The zero-order valence-corrected chi connectivity index (χ0v) is 44.4. The number of methoxy groups -OCH3 is 5. The number of esters is 1. The molecule has 6 unspecified atom stereocenters. The van der Waals surface area contributed by atoms with E-state index in [1.807, 2.05) is 65.0 Å². The second-order valence-corrected chi connectivity index (χ2v) is 20.6. The van der Waals surface area contributed by atoms with E-state index >= 15 is 0 Å². The number of piperidine rings is 1. The Morgan fingerprint density at radius 1 is 0.786 bits per heavy atom. The van der Waals surface area contributed by atoms with Crippen LogP contribution in [0.2, 0.25) is 0 Å². The summed E-state index contributed by atoms with van der Waals surface area (Å²) in [6, 6.07) is -1.12. The van der Waals surface area contributed by atoms with Crippen LogP contribution in [0.5, 0.6) is 0 Å². The van der Waals surface area contributed by atoms with Crippen molar-refractivity contribution in [2.75, 3.05) is 55.3 Å². The summed E-state index contributed by atoms with van der Waals surface area (Å²) in [4.78, 5) is 72.8. The number of ketones is 3. The molecular weight excluding hydrogens is 899 g/mol. The van der Waals surface area contributed by atoms with Crippen molar-refractivity contribution in [1.82, 2.24) is 4.90 Å². The van der Waals surface area contributed by atoms with Crippen molar-refractivity contribution in [3.63, 3.8) is 0 Å². The molecule has 15 heteroatoms. The average Bonchev–Trinajstić information content (AvgIpc) is 3.34. The summed E-state index contributed by atoms with van der Waals surface area (Å²) in [6.07, 6.45) is 13.8. The molecule has 2 saturated heterocycles. The largest absolute Gasteiger partial charge is 0.460 e. The summed E-state index contributed by atoms with van der Waals surface area (Å²) in [5.41, 5.74) is 1.55. The molecule has 3 fully saturated rings. The highest BCUT2D eigenvalue weighted by Gasteiger charge is 2.53. The monoisotopic (exact) mass is 986 g/mol. The third-order valence-electron chi connectivity index (χ3n) is 15.3. The SMILES string of the molecule is COCCOC1CC[C@@H](C[C@@H](C)[C@@H]2CC(=O)[C@H](C)/C=C(\C)C(OC)C(OC)C(=O)[C@H](C)C[C@H](C)/C=C/C=C/C=C(\C)C(OC)C[C@@H]3CC[C@@H](C)C(O)(O3)C(=O)C(=O)N3CCCC[C@H]3C(=O)O2)CC1OC. The molecular formula is C55H87NO14. The summed E-state index contributed by atoms with van der Waals surface area (Å²) >= 11 is 0. The maximum Gasteiger partial charge on any atom is 0.329 e. The minimum Gasteiger partial charge on any atom is -0.460 e. The first-order valence-corrected chi connectivity index (χ1v) is 25.8. The molecule has 396 valence electrons. The maximum absolute atomic E-state index is 14.5. The Morgan fingerprint density at radius 2 is 1.51 bits per heavy atom. The molecule has 0 spiro atoms. The number of rotatable bonds is 11. The molecule has 2 bridgehead atoms. The van der Waals surface area contributed by atoms with Gasteiger partial charge in [-0.25, -0.2) is 4.79 Å². The number of aliphatic hydroxyl groups is 1. The van der Waals surface area contributed by atoms with Gasteiger partial charge in [-0.1, -0.05) is 71.1 Å². The summed E-state index contributed by atoms with van der Waals surface area (Å²) < 4.78 is 47.3. The maximum atomic E-state index is 14.5. The topological polar surface area (TPSA) is 183 Å². The molecule has 0 aromatic carbocycles. The number of hydrogen-bond donors (Lipinski definition) is 1. The Kier molecular flexibility index (Phi) is 24.3. The number of nitrogens with zero attached hydrogens (tertiary/aromatic N) is 1. The van der Waals surface area contributed by atoms with E-state index in [4.69, 9.17) is 37.9 Å². The van der Waals surface area contributed by atoms with Crippen LogP contribution in [-0.2, 0) is 61.9 Å². The van der Waals surface area contributed by atoms with Gasteiger partial charge in [0.05, 0.1) is 37.6 Å². The Hall–Kier alpha value is -3.41. The van der Waals surface area contributed by atoms with Gasteiger partial charge in [0.25, 0.3) is 11.7 Å². The molecule has 1 aliphatic carbocycles. The average molecular weight is 986 g/mol. The first-order chi connectivity index (χ1) is 33.3. The number of allylic oxidation sites excluding steroid dienone is 6. The standard InChI is InChI=1S/C55H87NO14/c1-34-18-14-13-15-19-35(2)46(64-9)32-42-23-21-40(7)55(62,70-42)52(59)53(60)56-25-17-16-20-43(56)54(61)69-47(37(4)30-41-22-24-45(48(31-41)65-10)68-27-26-63-8)33-44(57)36(3)29-39(6)50(66-11)51(67-12)49(58)38(5)28-34/h13-15,18-19,29,34,36-38,40-43,45-48,50-51,62H,16-17,20-28,30-33H2,1-12H3/b15-13+,18-14+,35-19+,39-29+/t34-,36-,37-,38-,40-,41+,42+,43+,45?,46?,47+,48?,50?,51?,55?/m1/s1. The number of cyclic esters (lactones) is 1. The smallest absolute Gasteiger partial charge is 0.329 e. The lowest BCUT2D eigenvalue weighted by Gasteiger charge is -2.42. The predicted molar refractivity (Wildman–Crippen MR) is 266 cm³/mol. The van der Waals surface area contributed by atoms with E-state index in [1.54, 1.807) is 41.3 Å². The molecule has 3 aliphatic heterocycles. The van der Waals surface area contributed by atoms with Gasteiger partial charge in [0.15, 0.2) is 5.78 Å². The summed E-state index contributed by atoms with van der Waals surface area (Å²) in [6.45, 7) is 14.2. The van der Waals surface area contributed by atoms with Crippen LogP contribution in [0, 0.1) is 35.5 Å². The van der Waals surface area contributed by atoms with Gasteiger partial charge in [0.1, 0.15) is 30.1 Å². The van der Waals surface area contributed by atoms with Crippen molar-refractivity contribution in [3.05, 3.63) is 47.6 Å². The molecule has 1 saturated carbocycles. The minimum atomic E-state index is -2.42. The number of Topliss-reactive ketones (excluding diaryl/α,β-unsaturated/α-hetero) is 3. The van der Waals surface area contributed by atoms with Crippen LogP contribution in [0.1, 0.15) is 126 Å². The first kappa shape index (κ1) is 59.2. The van der Waals surface area contributed by atoms with Gasteiger partial charge in [0, 0.05) is 72.7 Å². The second kappa shape index (κ2) is 28.7. The van der Waals surface area contributed by atoms with Crippen LogP contribution < -0.4 is 0 Å². The Morgan fingerprint density at radius 3 is 2.19 bits per heavy atom. The van der Waals surface area contributed by atoms with E-state index in [-0.39, 0.29) is 66.8 Å². The predicted octanol–water partition coefficient (Wildman–Crippen LogP) is 7.51. The number of fused-ring (bicyclic) bond motifs is 3. The van der Waals surface area contributed by atoms with Crippen LogP contribution in [0.25, 0.3) is 0 Å². The van der Waals surface area contributed by atoms with Gasteiger partial charge >= 0.3 is 5.97 Å². The van der Waals surface area contributed by atoms with E-state index in [0.29, 0.717) is 70.2 Å². The number of amides is 1. The summed E-state index contributed by atoms with van der Waals surface area (Å²) in [7, 11) is 7.90. The van der Waals surface area contributed by atoms with Crippen LogP contribution in [0.15, 0.2) is 47.6 Å². The van der Waals surface area contributed by atoms with Gasteiger partial charge in [0.2, 0.25) is 5.79 Å². The lowest BCUT2D eigenvalue weighted by Crippen LogP contribution is -2.61. The fourth-order valence-corrected chi connectivity index (χ4v) is 10.9. The summed E-state index contributed by atoms with van der Waals surface area (Å²) in [5.74, 6) is -7.32. The van der Waals surface area contributed by atoms with Crippen LogP contribution in [-0.4, -0.2) is 149 Å². The quantitative estimate of drug-likeness (QED) is 0.0930. The second-order valence-electron chi connectivity index (χ2n) is 20.6. The Balaban J connectivity index is 1.71. The van der Waals surface area contributed by atoms with Crippen LogP contribution >= 0.6 is 0 Å². The van der Waals surface area contributed by atoms with Gasteiger partial charge in [-0.3, -0.25) is 19.2 Å². The third-order valence-corrected chi connectivity index (χ3v) is 15.3. The Bertz CT molecular complexity index is 1840. The minimum absolute atomic E-state index is 0.0603. The highest BCUT2D eigenvalue weighted by Crippen LogP contribution is 2.38. The fraction of sp³-hybridized carbons (Fsp3) is 0.764. The van der Waals surface area contributed by atoms with Gasteiger partial charge < -0.3 is 47.9 Å². The van der Waals surface area contributed by atoms with E-state index in [1.165, 1.54) is 19.1 Å². The van der Waals surface area contributed by atoms with Gasteiger partial charge in [-0.2, -0.15) is 0 Å². The molecule has 15 atom stereocenters. The van der Waals surface area contributed by atoms with E-state index in [0.717, 1.165) is 18.4 Å². The van der Waals surface area contributed by atoms with Crippen molar-refractivity contribution in [2.45, 2.75) is 180 Å². The number of hydrogen-bond acceptors (Lipinski definition) is 14. The van der Waals surface area contributed by atoms with Crippen molar-refractivity contribution in [1.29, 1.82) is 0 Å². The van der Waals surface area contributed by atoms with E-state index in [9.17, 15) is 29.1 Å². The van der Waals surface area contributed by atoms with Crippen molar-refractivity contribution >= 4 is 29.2 Å². The molecule has 4 rings (SSSR count). The fourth-order valence-electron chi connectivity index (χ4n) is 10.9. The molecule has 0 radical (unpaired) electrons. The first-order valence-electron chi connectivity index (χ1n) is 25.8. The highest BCUT2D eigenvalue weighted by molar-refractivity contribution is 6.39. The number of ether oxygens (including phenoxy) is 8. The molecule has 4 aliphatic rings. The van der Waals surface area contributed by atoms with Crippen molar-refractivity contribution in [2.24, 2.45) is 35.5 Å². The molecule has 70 heavy (non-hydrogen) atoms. The molecule has 0 aromatic rings. The van der Waals surface area contributed by atoms with Crippen molar-refractivity contribution in [3.8, 4) is 0 Å².